The molecule has 1 N–H and O–H groups in total. The van der Waals surface area contributed by atoms with Gasteiger partial charge in [-0.1, -0.05) is 0 Å². The van der Waals surface area contributed by atoms with Crippen LogP contribution < -0.4 is 9.47 Å². The lowest BCUT2D eigenvalue weighted by molar-refractivity contribution is -0.136. The minimum absolute atomic E-state index is 0.0699. The van der Waals surface area contributed by atoms with Gasteiger partial charge >= 0.3 is 5.97 Å². The molecule has 1 saturated heterocycles. The Morgan fingerprint density at radius 3 is 2.54 bits per heavy atom. The van der Waals surface area contributed by atoms with Gasteiger partial charge in [0.1, 0.15) is 35.6 Å². The number of rotatable bonds is 12. The molecule has 1 aliphatic carbocycles. The first kappa shape index (κ1) is 30.9. The predicted molar refractivity (Wildman–Crippen MR) is 162 cm³/mol. The zero-order valence-electron chi connectivity index (χ0n) is 25.1. The smallest absolute Gasteiger partial charge is 0.309 e. The Kier molecular flexibility index (Phi) is 8.82. The summed E-state index contributed by atoms with van der Waals surface area (Å²) in [4.78, 5) is 23.1. The quantitative estimate of drug-likeness (QED) is 0.215. The van der Waals surface area contributed by atoms with Crippen molar-refractivity contribution in [3.63, 3.8) is 0 Å². The van der Waals surface area contributed by atoms with Gasteiger partial charge < -0.3 is 19.1 Å². The van der Waals surface area contributed by atoms with Crippen LogP contribution in [-0.2, 0) is 30.9 Å². The van der Waals surface area contributed by atoms with E-state index in [2.05, 4.69) is 20.5 Å². The molecule has 0 amide bonds. The molecule has 46 heavy (non-hydrogen) atoms. The normalized spacial score (nSPS) is 16.1. The number of fused-ring (bicyclic) bond motifs is 1. The molecule has 0 atom stereocenters. The fourth-order valence-electron chi connectivity index (χ4n) is 5.85. The predicted octanol–water partition coefficient (Wildman–Crippen LogP) is 5.52. The van der Waals surface area contributed by atoms with Crippen molar-refractivity contribution < 1.29 is 28.2 Å². The second-order valence-corrected chi connectivity index (χ2v) is 12.1. The van der Waals surface area contributed by atoms with Crippen LogP contribution in [0.25, 0.3) is 11.2 Å². The number of imidazole rings is 1. The van der Waals surface area contributed by atoms with Gasteiger partial charge in [-0.3, -0.25) is 9.69 Å². The lowest BCUT2D eigenvalue weighted by Crippen LogP contribution is -2.38. The fraction of sp³-hybridized carbons (Fsp3) is 0.382. The third kappa shape index (κ3) is 7.08. The number of nitriles is 2. The van der Waals surface area contributed by atoms with Crippen LogP contribution in [0.4, 0.5) is 8.78 Å². The summed E-state index contributed by atoms with van der Waals surface area (Å²) in [5.41, 5.74) is 2.11. The molecular weight excluding hydrogens is 594 g/mol. The number of aliphatic carboxylic acids is 1. The third-order valence-electron chi connectivity index (χ3n) is 8.63. The number of pyridine rings is 1. The Morgan fingerprint density at radius 2 is 1.85 bits per heavy atom. The van der Waals surface area contributed by atoms with Gasteiger partial charge in [0.05, 0.1) is 36.4 Å². The van der Waals surface area contributed by atoms with Crippen LogP contribution in [0.5, 0.6) is 11.5 Å². The lowest BCUT2D eigenvalue weighted by Gasteiger charge is -2.32. The first-order valence-electron chi connectivity index (χ1n) is 15.2. The Morgan fingerprint density at radius 1 is 1.04 bits per heavy atom. The number of piperidine rings is 1. The molecule has 12 heteroatoms. The highest BCUT2D eigenvalue weighted by Crippen LogP contribution is 2.50. The van der Waals surface area contributed by atoms with Crippen molar-refractivity contribution in [1.29, 1.82) is 10.5 Å². The van der Waals surface area contributed by atoms with Gasteiger partial charge in [0.25, 0.3) is 0 Å². The van der Waals surface area contributed by atoms with E-state index in [4.69, 9.17) is 19.7 Å². The molecule has 236 valence electrons. The summed E-state index contributed by atoms with van der Waals surface area (Å²) in [6, 6.07) is 16.0. The number of hydrogen-bond donors (Lipinski definition) is 1. The molecule has 2 aromatic carbocycles. The molecule has 4 aromatic rings. The van der Waals surface area contributed by atoms with Crippen LogP contribution in [0.1, 0.15) is 54.7 Å². The SMILES string of the molecule is N#CCC1(Cn2c(CN3CCC(Oc4ccc(F)c(COc5ccc(C#N)cc5F)c4)CC3)nc3ccc(CC(=O)O)nc32)CC1. The Balaban J connectivity index is 1.09. The summed E-state index contributed by atoms with van der Waals surface area (Å²) >= 11 is 0. The molecule has 1 saturated carbocycles. The molecule has 2 aliphatic rings. The van der Waals surface area contributed by atoms with Gasteiger partial charge in [-0.05, 0) is 74.2 Å². The zero-order chi connectivity index (χ0) is 32.3. The number of hydrogen-bond acceptors (Lipinski definition) is 8. The Bertz CT molecular complexity index is 1850. The maximum Gasteiger partial charge on any atom is 0.309 e. The van der Waals surface area contributed by atoms with E-state index in [1.807, 2.05) is 12.1 Å². The molecule has 6 rings (SSSR count). The van der Waals surface area contributed by atoms with E-state index in [0.29, 0.717) is 42.1 Å². The maximum absolute atomic E-state index is 14.5. The van der Waals surface area contributed by atoms with E-state index in [1.165, 1.54) is 18.2 Å². The third-order valence-corrected chi connectivity index (χ3v) is 8.63. The van der Waals surface area contributed by atoms with E-state index < -0.39 is 17.6 Å². The van der Waals surface area contributed by atoms with E-state index in [0.717, 1.165) is 50.7 Å². The van der Waals surface area contributed by atoms with Crippen molar-refractivity contribution in [3.8, 4) is 23.6 Å². The summed E-state index contributed by atoms with van der Waals surface area (Å²) in [6.45, 7) is 2.47. The molecule has 3 heterocycles. The molecule has 1 aliphatic heterocycles. The molecule has 2 aromatic heterocycles. The summed E-state index contributed by atoms with van der Waals surface area (Å²) in [6.07, 6.45) is 3.58. The second-order valence-electron chi connectivity index (χ2n) is 12.1. The average Bonchev–Trinajstić information content (AvgIpc) is 3.72. The van der Waals surface area contributed by atoms with Crippen LogP contribution in [0, 0.1) is 39.7 Å². The van der Waals surface area contributed by atoms with Gasteiger partial charge in [0, 0.05) is 37.0 Å². The fourth-order valence-corrected chi connectivity index (χ4v) is 5.85. The number of aromatic nitrogens is 3. The lowest BCUT2D eigenvalue weighted by atomic mass is 10.0. The highest BCUT2D eigenvalue weighted by Gasteiger charge is 2.43. The Labute approximate surface area is 264 Å². The average molecular weight is 627 g/mol. The molecule has 2 fully saturated rings. The van der Waals surface area contributed by atoms with Crippen molar-refractivity contribution in [2.75, 3.05) is 13.1 Å². The topological polar surface area (TPSA) is 137 Å². The van der Waals surface area contributed by atoms with Crippen LogP contribution in [0.15, 0.2) is 48.5 Å². The minimum Gasteiger partial charge on any atom is -0.490 e. The number of carbonyl (C=O) groups is 1. The zero-order valence-corrected chi connectivity index (χ0v) is 25.1. The number of likely N-dealkylation sites (tertiary alicyclic amines) is 1. The van der Waals surface area contributed by atoms with Crippen molar-refractivity contribution in [3.05, 3.63) is 82.8 Å². The number of ether oxygens (including phenoxy) is 2. The van der Waals surface area contributed by atoms with Gasteiger partial charge in [0.2, 0.25) is 0 Å². The van der Waals surface area contributed by atoms with E-state index in [1.54, 1.807) is 18.2 Å². The standard InChI is InChI=1S/C34H32F2N6O4/c35-27-4-3-26(16-23(27)20-45-30-6-1-22(18-38)15-28(30)36)46-25-7-13-41(14-8-25)19-31-40-29-5-2-24(17-32(43)44)39-33(29)42(31)21-34(9-10-34)11-12-37/h1-6,15-16,25H,7-11,13-14,17,19-21H2,(H,43,44). The van der Waals surface area contributed by atoms with Gasteiger partial charge in [-0.2, -0.15) is 10.5 Å². The van der Waals surface area contributed by atoms with Crippen molar-refractivity contribution in [2.24, 2.45) is 5.41 Å². The number of carboxylic acid groups (broad SMARTS) is 1. The van der Waals surface area contributed by atoms with E-state index in [9.17, 15) is 23.9 Å². The molecule has 0 radical (unpaired) electrons. The van der Waals surface area contributed by atoms with E-state index in [-0.39, 0.29) is 41.4 Å². The van der Waals surface area contributed by atoms with Crippen LogP contribution in [-0.4, -0.2) is 49.7 Å². The van der Waals surface area contributed by atoms with Crippen LogP contribution in [0.3, 0.4) is 0 Å². The second kappa shape index (κ2) is 13.1. The molecule has 0 bridgehead atoms. The number of nitrogens with zero attached hydrogens (tertiary/aromatic N) is 6. The monoisotopic (exact) mass is 626 g/mol. The first-order valence-corrected chi connectivity index (χ1v) is 15.2. The van der Waals surface area contributed by atoms with Crippen molar-refractivity contribution in [1.82, 2.24) is 19.4 Å². The number of benzene rings is 2. The summed E-state index contributed by atoms with van der Waals surface area (Å²) in [5, 5.41) is 27.6. The molecule has 0 unspecified atom stereocenters. The highest BCUT2D eigenvalue weighted by atomic mass is 19.1. The van der Waals surface area contributed by atoms with Gasteiger partial charge in [-0.25, -0.2) is 18.7 Å². The molecular formula is C34H32F2N6O4. The maximum atomic E-state index is 14.5. The summed E-state index contributed by atoms with van der Waals surface area (Å²) in [7, 11) is 0. The first-order chi connectivity index (χ1) is 22.2. The van der Waals surface area contributed by atoms with Crippen molar-refractivity contribution in [2.45, 2.75) is 64.3 Å². The van der Waals surface area contributed by atoms with Crippen LogP contribution in [0.2, 0.25) is 0 Å². The van der Waals surface area contributed by atoms with E-state index >= 15 is 0 Å². The van der Waals surface area contributed by atoms with Gasteiger partial charge in [0.15, 0.2) is 17.2 Å². The number of carboxylic acids is 1. The largest absolute Gasteiger partial charge is 0.490 e. The van der Waals surface area contributed by atoms with Crippen LogP contribution >= 0.6 is 0 Å². The molecule has 0 spiro atoms. The highest BCUT2D eigenvalue weighted by molar-refractivity contribution is 5.74. The summed E-state index contributed by atoms with van der Waals surface area (Å²) < 4.78 is 42.5. The summed E-state index contributed by atoms with van der Waals surface area (Å²) in [5.74, 6) is -0.875. The molecule has 10 nitrogen and oxygen atoms in total. The van der Waals surface area contributed by atoms with Crippen molar-refractivity contribution >= 4 is 17.1 Å². The Hall–Kier alpha value is -5.07. The van der Waals surface area contributed by atoms with Gasteiger partial charge in [-0.15, -0.1) is 0 Å². The number of halogens is 2. The minimum atomic E-state index is -0.949.